The molecule has 0 aromatic carbocycles. The fraction of sp³-hybridized carbons (Fsp3) is 0.333. The summed E-state index contributed by atoms with van der Waals surface area (Å²) in [6, 6.07) is 4.95. The van der Waals surface area contributed by atoms with Crippen molar-refractivity contribution in [2.45, 2.75) is 5.60 Å². The molecule has 26 heavy (non-hydrogen) atoms. The number of carbonyl (C=O) groups excluding carboxylic acids is 2. The lowest BCUT2D eigenvalue weighted by Crippen LogP contribution is -2.48. The van der Waals surface area contributed by atoms with E-state index < -0.39 is 27.7 Å². The van der Waals surface area contributed by atoms with Crippen LogP contribution in [0.15, 0.2) is 40.3 Å². The lowest BCUT2D eigenvalue weighted by atomic mass is 9.98. The Morgan fingerprint density at radius 1 is 1.38 bits per heavy atom. The number of rotatable bonds is 5. The number of furan rings is 1. The lowest BCUT2D eigenvalue weighted by molar-refractivity contribution is 0.0612. The largest absolute Gasteiger partial charge is 0.466 e. The highest BCUT2D eigenvalue weighted by Gasteiger charge is 2.40. The molecule has 0 spiro atoms. The smallest absolute Gasteiger partial charge is 0.341 e. The zero-order valence-electron chi connectivity index (χ0n) is 13.8. The normalized spacial score (nSPS) is 17.4. The molecule has 1 aliphatic heterocycles. The van der Waals surface area contributed by atoms with Gasteiger partial charge < -0.3 is 14.8 Å². The Morgan fingerprint density at radius 3 is 2.69 bits per heavy atom. The second-order valence-corrected chi connectivity index (χ2v) is 8.60. The van der Waals surface area contributed by atoms with Crippen molar-refractivity contribution < 1.29 is 27.5 Å². The molecule has 0 unspecified atom stereocenters. The van der Waals surface area contributed by atoms with E-state index in [1.807, 2.05) is 0 Å². The Labute approximate surface area is 153 Å². The van der Waals surface area contributed by atoms with E-state index in [1.54, 1.807) is 29.6 Å². The first-order valence-electron chi connectivity index (χ1n) is 7.61. The van der Waals surface area contributed by atoms with Crippen molar-refractivity contribution in [3.05, 3.63) is 46.5 Å². The molecule has 3 rings (SSSR count). The highest BCUT2D eigenvalue weighted by Crippen LogP contribution is 2.32. The molecule has 0 bridgehead atoms. The molecular formula is C15H17N3O6S2. The SMILES string of the molecule is CS(=O)(=O)N1CCN(C(=O)NC[C@](O)(c2ccco2)c2cccs2)C1=O. The Kier molecular flexibility index (Phi) is 4.78. The van der Waals surface area contributed by atoms with Crippen LogP contribution in [-0.4, -0.2) is 60.7 Å². The zero-order chi connectivity index (χ0) is 18.9. The first-order chi connectivity index (χ1) is 12.2. The van der Waals surface area contributed by atoms with Gasteiger partial charge in [-0.15, -0.1) is 11.3 Å². The van der Waals surface area contributed by atoms with Crippen molar-refractivity contribution in [1.29, 1.82) is 0 Å². The molecule has 2 aromatic heterocycles. The van der Waals surface area contributed by atoms with Crippen LogP contribution in [0.5, 0.6) is 0 Å². The Hall–Kier alpha value is -2.37. The number of imide groups is 1. The number of carbonyl (C=O) groups is 2. The van der Waals surface area contributed by atoms with Crippen molar-refractivity contribution in [3.8, 4) is 0 Å². The summed E-state index contributed by atoms with van der Waals surface area (Å²) >= 11 is 1.29. The highest BCUT2D eigenvalue weighted by atomic mass is 32.2. The summed E-state index contributed by atoms with van der Waals surface area (Å²) in [4.78, 5) is 25.8. The molecule has 9 nitrogen and oxygen atoms in total. The van der Waals surface area contributed by atoms with Gasteiger partial charge in [0, 0.05) is 4.88 Å². The standard InChI is InChI=1S/C15H17N3O6S2/c1-26(22,23)18-7-6-17(14(18)20)13(19)16-10-15(21,11-4-2-8-24-11)12-5-3-9-25-12/h2-5,8-9,21H,6-7,10H2,1H3,(H,16,19)/t15-/m0/s1. The summed E-state index contributed by atoms with van der Waals surface area (Å²) in [5.74, 6) is 0.241. The van der Waals surface area contributed by atoms with Gasteiger partial charge in [-0.25, -0.2) is 27.2 Å². The molecule has 2 aromatic rings. The van der Waals surface area contributed by atoms with Crippen LogP contribution in [0.4, 0.5) is 9.59 Å². The number of nitrogens with one attached hydrogen (secondary N) is 1. The Balaban J connectivity index is 1.75. The predicted molar refractivity (Wildman–Crippen MR) is 93.1 cm³/mol. The van der Waals surface area contributed by atoms with E-state index in [9.17, 15) is 23.1 Å². The average molecular weight is 399 g/mol. The minimum atomic E-state index is -3.73. The number of nitrogens with zero attached hydrogens (tertiary/aromatic N) is 2. The van der Waals surface area contributed by atoms with Crippen molar-refractivity contribution in [2.75, 3.05) is 25.9 Å². The number of hydrogen-bond acceptors (Lipinski definition) is 7. The zero-order valence-corrected chi connectivity index (χ0v) is 15.4. The van der Waals surface area contributed by atoms with Gasteiger partial charge in [0.15, 0.2) is 5.60 Å². The number of urea groups is 2. The van der Waals surface area contributed by atoms with Crippen LogP contribution in [0.25, 0.3) is 0 Å². The average Bonchev–Trinajstić information content (AvgIpc) is 3.31. The van der Waals surface area contributed by atoms with E-state index in [0.717, 1.165) is 11.2 Å². The minimum Gasteiger partial charge on any atom is -0.466 e. The van der Waals surface area contributed by atoms with Crippen molar-refractivity contribution in [1.82, 2.24) is 14.5 Å². The van der Waals surface area contributed by atoms with Crippen LogP contribution in [0, 0.1) is 0 Å². The molecule has 1 aliphatic rings. The van der Waals surface area contributed by atoms with Gasteiger partial charge in [0.25, 0.3) is 0 Å². The number of thiophene rings is 1. The monoisotopic (exact) mass is 399 g/mol. The second kappa shape index (κ2) is 6.74. The van der Waals surface area contributed by atoms with E-state index in [2.05, 4.69) is 5.32 Å². The van der Waals surface area contributed by atoms with E-state index in [0.29, 0.717) is 9.18 Å². The maximum absolute atomic E-state index is 12.3. The first-order valence-corrected chi connectivity index (χ1v) is 10.3. The van der Waals surface area contributed by atoms with Crippen LogP contribution >= 0.6 is 11.3 Å². The number of aliphatic hydroxyl groups is 1. The minimum absolute atomic E-state index is 0.0596. The summed E-state index contributed by atoms with van der Waals surface area (Å²) in [7, 11) is -3.73. The van der Waals surface area contributed by atoms with Gasteiger partial charge in [0.2, 0.25) is 10.0 Å². The second-order valence-electron chi connectivity index (χ2n) is 5.74. The highest BCUT2D eigenvalue weighted by molar-refractivity contribution is 7.88. The third-order valence-corrected chi connectivity index (χ3v) is 6.13. The molecule has 140 valence electrons. The van der Waals surface area contributed by atoms with Gasteiger partial charge in [0.1, 0.15) is 5.76 Å². The van der Waals surface area contributed by atoms with Crippen molar-refractivity contribution in [2.24, 2.45) is 0 Å². The predicted octanol–water partition coefficient (Wildman–Crippen LogP) is 0.984. The third kappa shape index (κ3) is 3.32. The van der Waals surface area contributed by atoms with Gasteiger partial charge in [-0.2, -0.15) is 0 Å². The molecule has 0 radical (unpaired) electrons. The van der Waals surface area contributed by atoms with Crippen LogP contribution in [-0.2, 0) is 15.6 Å². The summed E-state index contributed by atoms with van der Waals surface area (Å²) in [5.41, 5.74) is -1.60. The maximum Gasteiger partial charge on any atom is 0.341 e. The molecule has 11 heteroatoms. The number of amides is 4. The molecule has 1 fully saturated rings. The van der Waals surface area contributed by atoms with Crippen molar-refractivity contribution in [3.63, 3.8) is 0 Å². The topological polar surface area (TPSA) is 120 Å². The summed E-state index contributed by atoms with van der Waals surface area (Å²) in [6.07, 6.45) is 2.31. The molecule has 2 N–H and O–H groups in total. The van der Waals surface area contributed by atoms with Gasteiger partial charge in [-0.3, -0.25) is 0 Å². The van der Waals surface area contributed by atoms with Crippen LogP contribution < -0.4 is 5.32 Å². The molecular weight excluding hydrogens is 382 g/mol. The maximum atomic E-state index is 12.3. The van der Waals surface area contributed by atoms with Gasteiger partial charge in [0.05, 0.1) is 32.2 Å². The van der Waals surface area contributed by atoms with Crippen LogP contribution in [0.3, 0.4) is 0 Å². The van der Waals surface area contributed by atoms with Crippen LogP contribution in [0.2, 0.25) is 0 Å². The van der Waals surface area contributed by atoms with Crippen LogP contribution in [0.1, 0.15) is 10.6 Å². The third-order valence-electron chi connectivity index (χ3n) is 3.97. The quantitative estimate of drug-likeness (QED) is 0.773. The fourth-order valence-electron chi connectivity index (χ4n) is 2.64. The fourth-order valence-corrected chi connectivity index (χ4v) is 4.26. The Morgan fingerprint density at radius 2 is 2.15 bits per heavy atom. The number of sulfonamides is 1. The van der Waals surface area contributed by atoms with E-state index in [1.165, 1.54) is 17.6 Å². The van der Waals surface area contributed by atoms with Gasteiger partial charge in [-0.1, -0.05) is 6.07 Å². The lowest BCUT2D eigenvalue weighted by Gasteiger charge is -2.26. The summed E-state index contributed by atoms with van der Waals surface area (Å²) in [6.45, 7) is -0.406. The summed E-state index contributed by atoms with van der Waals surface area (Å²) in [5, 5.41) is 15.3. The van der Waals surface area contributed by atoms with Crippen molar-refractivity contribution >= 4 is 33.4 Å². The molecule has 1 atom stereocenters. The summed E-state index contributed by atoms with van der Waals surface area (Å²) < 4.78 is 29.0. The van der Waals surface area contributed by atoms with E-state index in [-0.39, 0.29) is 25.4 Å². The molecule has 0 aliphatic carbocycles. The van der Waals surface area contributed by atoms with E-state index in [4.69, 9.17) is 4.42 Å². The molecule has 4 amide bonds. The number of hydrogen-bond donors (Lipinski definition) is 2. The van der Waals surface area contributed by atoms with Gasteiger partial charge in [-0.05, 0) is 23.6 Å². The first kappa shape index (κ1) is 18.4. The Bertz CT molecular complexity index is 858. The molecule has 1 saturated heterocycles. The van der Waals surface area contributed by atoms with E-state index >= 15 is 0 Å². The molecule has 0 saturated carbocycles. The van der Waals surface area contributed by atoms with Gasteiger partial charge >= 0.3 is 12.1 Å². The molecule has 3 heterocycles.